The van der Waals surface area contributed by atoms with E-state index in [0.717, 1.165) is 57.4 Å². The molecule has 0 unspecified atom stereocenters. The van der Waals surface area contributed by atoms with E-state index in [1.54, 1.807) is 0 Å². The first-order chi connectivity index (χ1) is 20.5. The van der Waals surface area contributed by atoms with Gasteiger partial charge >= 0.3 is 0 Å². The van der Waals surface area contributed by atoms with Crippen molar-refractivity contribution in [2.24, 2.45) is 16.7 Å². The topological polar surface area (TPSA) is 18.5 Å². The summed E-state index contributed by atoms with van der Waals surface area (Å²) in [7, 11) is 4.39. The zero-order valence-corrected chi connectivity index (χ0v) is 30.9. The van der Waals surface area contributed by atoms with Crippen LogP contribution in [0, 0.1) is 16.7 Å². The van der Waals surface area contributed by atoms with Gasteiger partial charge in [0.15, 0.2) is 0 Å². The lowest BCUT2D eigenvalue weighted by atomic mass is 9.78. The Balaban J connectivity index is 2.64. The zero-order chi connectivity index (χ0) is 33.5. The summed E-state index contributed by atoms with van der Waals surface area (Å²) >= 11 is 0. The Labute approximate surface area is 275 Å². The van der Waals surface area contributed by atoms with Crippen LogP contribution >= 0.6 is 0 Å². The minimum absolute atomic E-state index is 0.268. The van der Waals surface area contributed by atoms with Crippen LogP contribution in [-0.4, -0.2) is 49.6 Å². The number of nitrogens with one attached hydrogen (secondary N) is 1. The first-order valence-corrected chi connectivity index (χ1v) is 17.4. The molecule has 1 aromatic carbocycles. The highest BCUT2D eigenvalue weighted by atomic mass is 15.1. The van der Waals surface area contributed by atoms with E-state index in [-0.39, 0.29) is 5.41 Å². The highest BCUT2D eigenvalue weighted by molar-refractivity contribution is 5.63. The quantitative estimate of drug-likeness (QED) is 0.0934. The fraction of sp³-hybridized carbons (Fsp3) is 0.659. The van der Waals surface area contributed by atoms with Crippen LogP contribution in [0.15, 0.2) is 61.9 Å². The van der Waals surface area contributed by atoms with Crippen LogP contribution in [-0.2, 0) is 12.8 Å². The fourth-order valence-electron chi connectivity index (χ4n) is 5.84. The number of likely N-dealkylation sites (N-methyl/N-ethyl adjacent to an activating group) is 1. The Morgan fingerprint density at radius 2 is 1.45 bits per heavy atom. The first kappa shape index (κ1) is 39.8. The van der Waals surface area contributed by atoms with Gasteiger partial charge in [0, 0.05) is 44.1 Å². The number of unbranched alkanes of at least 4 members (excludes halogenated alkanes) is 2. The number of allylic oxidation sites excluding steroid dienone is 3. The molecule has 3 heteroatoms. The summed E-state index contributed by atoms with van der Waals surface area (Å²) in [4.78, 5) is 4.75. The molecule has 0 amide bonds. The number of nitrogens with zero attached hydrogens (tertiary/aromatic N) is 2. The molecular weight excluding hydrogens is 534 g/mol. The molecule has 0 aliphatic carbocycles. The third-order valence-electron chi connectivity index (χ3n) is 9.36. The van der Waals surface area contributed by atoms with E-state index in [0.29, 0.717) is 17.4 Å². The number of hydrogen-bond acceptors (Lipinski definition) is 3. The van der Waals surface area contributed by atoms with Gasteiger partial charge in [-0.3, -0.25) is 0 Å². The van der Waals surface area contributed by atoms with Gasteiger partial charge < -0.3 is 15.1 Å². The van der Waals surface area contributed by atoms with Gasteiger partial charge in [-0.1, -0.05) is 98.3 Å². The summed E-state index contributed by atoms with van der Waals surface area (Å²) in [5, 5.41) is 3.56. The van der Waals surface area contributed by atoms with E-state index in [1.165, 1.54) is 60.1 Å². The predicted molar refractivity (Wildman–Crippen MR) is 199 cm³/mol. The molecule has 0 spiro atoms. The van der Waals surface area contributed by atoms with E-state index in [9.17, 15) is 0 Å². The predicted octanol–water partition coefficient (Wildman–Crippen LogP) is 10.7. The fourth-order valence-corrected chi connectivity index (χ4v) is 5.84. The molecule has 0 fully saturated rings. The summed E-state index contributed by atoms with van der Waals surface area (Å²) in [5.74, 6) is 0.584. The smallest absolute Gasteiger partial charge is 0.0341 e. The summed E-state index contributed by atoms with van der Waals surface area (Å²) in [6.07, 6.45) is 13.5. The molecule has 0 radical (unpaired) electrons. The van der Waals surface area contributed by atoms with Gasteiger partial charge in [0.2, 0.25) is 0 Å². The number of rotatable bonds is 24. The van der Waals surface area contributed by atoms with Crippen molar-refractivity contribution >= 4 is 5.70 Å². The van der Waals surface area contributed by atoms with Gasteiger partial charge in [0.1, 0.15) is 0 Å². The van der Waals surface area contributed by atoms with E-state index in [2.05, 4.69) is 129 Å². The van der Waals surface area contributed by atoms with Gasteiger partial charge in [-0.2, -0.15) is 0 Å². The van der Waals surface area contributed by atoms with Gasteiger partial charge in [0.05, 0.1) is 0 Å². The largest absolute Gasteiger partial charge is 0.384 e. The monoisotopic (exact) mass is 606 g/mol. The van der Waals surface area contributed by atoms with Crippen molar-refractivity contribution in [1.82, 2.24) is 15.1 Å². The SMILES string of the molecule is C=CCCc1cc(CCC(=C)N(C)CC(C)(C)CCCCCC(C)(C)CC(=C)C(C)C)cc(C(=C)NCCN(C)C(C)C)c1. The molecule has 0 aromatic heterocycles. The van der Waals surface area contributed by atoms with Crippen LogP contribution in [0.3, 0.4) is 0 Å². The summed E-state index contributed by atoms with van der Waals surface area (Å²) in [5.41, 5.74) is 8.15. The van der Waals surface area contributed by atoms with E-state index >= 15 is 0 Å². The van der Waals surface area contributed by atoms with Crippen molar-refractivity contribution in [3.63, 3.8) is 0 Å². The first-order valence-electron chi connectivity index (χ1n) is 17.4. The number of aryl methyl sites for hydroxylation is 2. The molecule has 1 rings (SSSR count). The second-order valence-electron chi connectivity index (χ2n) is 15.6. The van der Waals surface area contributed by atoms with Crippen molar-refractivity contribution in [2.75, 3.05) is 33.7 Å². The number of benzene rings is 1. The number of hydrogen-bond donors (Lipinski definition) is 1. The summed E-state index contributed by atoms with van der Waals surface area (Å²) in [6, 6.07) is 7.51. The van der Waals surface area contributed by atoms with Crippen LogP contribution in [0.5, 0.6) is 0 Å². The molecule has 0 aliphatic heterocycles. The zero-order valence-electron chi connectivity index (χ0n) is 30.9. The van der Waals surface area contributed by atoms with Crippen molar-refractivity contribution in [3.05, 3.63) is 78.6 Å². The van der Waals surface area contributed by atoms with Crippen molar-refractivity contribution < 1.29 is 0 Å². The molecule has 0 heterocycles. The molecular formula is C41H71N3. The third-order valence-corrected chi connectivity index (χ3v) is 9.36. The van der Waals surface area contributed by atoms with E-state index in [4.69, 9.17) is 0 Å². The second-order valence-corrected chi connectivity index (χ2v) is 15.6. The second kappa shape index (κ2) is 19.3. The Bertz CT molecular complexity index is 1040. The third kappa shape index (κ3) is 16.2. The average molecular weight is 606 g/mol. The average Bonchev–Trinajstić information content (AvgIpc) is 2.93. The van der Waals surface area contributed by atoms with Crippen molar-refractivity contribution in [2.45, 2.75) is 126 Å². The summed E-state index contributed by atoms with van der Waals surface area (Å²) in [6.45, 7) is 38.7. The van der Waals surface area contributed by atoms with E-state index < -0.39 is 0 Å². The van der Waals surface area contributed by atoms with Crippen LogP contribution < -0.4 is 5.32 Å². The van der Waals surface area contributed by atoms with Crippen LogP contribution in [0.4, 0.5) is 0 Å². The maximum Gasteiger partial charge on any atom is 0.0341 e. The van der Waals surface area contributed by atoms with Crippen LogP contribution in [0.2, 0.25) is 0 Å². The Morgan fingerprint density at radius 1 is 0.864 bits per heavy atom. The molecule has 0 saturated heterocycles. The molecule has 1 aromatic rings. The molecule has 0 bridgehead atoms. The van der Waals surface area contributed by atoms with Crippen LogP contribution in [0.25, 0.3) is 5.70 Å². The normalized spacial score (nSPS) is 12.2. The minimum Gasteiger partial charge on any atom is -0.384 e. The molecule has 44 heavy (non-hydrogen) atoms. The van der Waals surface area contributed by atoms with Crippen LogP contribution in [0.1, 0.15) is 123 Å². The van der Waals surface area contributed by atoms with Gasteiger partial charge in [0.25, 0.3) is 0 Å². The van der Waals surface area contributed by atoms with Gasteiger partial charge in [-0.05, 0) is 111 Å². The van der Waals surface area contributed by atoms with Gasteiger partial charge in [-0.15, -0.1) is 6.58 Å². The standard InChI is InChI=1S/C41H71N3/c1-15-16-20-37-27-38(29-39(28-37)36(8)42-25-26-43(13)33(4)5)22-21-35(7)44(14)31-41(11,12)24-19-17-18-23-40(9,10)30-34(6)32(2)3/h15,27-29,32-33,42H,1,6-8,16-26,30-31H2,2-5,9-14H3. The van der Waals surface area contributed by atoms with Gasteiger partial charge in [-0.25, -0.2) is 0 Å². The Hall–Kier alpha value is -2.26. The molecule has 0 saturated carbocycles. The maximum absolute atomic E-state index is 4.50. The molecule has 0 atom stereocenters. The maximum atomic E-state index is 4.50. The lowest BCUT2D eigenvalue weighted by Gasteiger charge is -2.33. The summed E-state index contributed by atoms with van der Waals surface area (Å²) < 4.78 is 0. The highest BCUT2D eigenvalue weighted by Crippen LogP contribution is 2.34. The Morgan fingerprint density at radius 3 is 2.02 bits per heavy atom. The molecule has 0 aliphatic rings. The van der Waals surface area contributed by atoms with Crippen molar-refractivity contribution in [1.29, 1.82) is 0 Å². The lowest BCUT2D eigenvalue weighted by Crippen LogP contribution is -2.33. The minimum atomic E-state index is 0.268. The van der Waals surface area contributed by atoms with Crippen molar-refractivity contribution in [3.8, 4) is 0 Å². The molecule has 1 N–H and O–H groups in total. The Kier molecular flexibility index (Phi) is 17.4. The molecule has 3 nitrogen and oxygen atoms in total. The molecule has 250 valence electrons. The highest BCUT2D eigenvalue weighted by Gasteiger charge is 2.22. The van der Waals surface area contributed by atoms with E-state index in [1.807, 2.05) is 6.08 Å². The lowest BCUT2D eigenvalue weighted by molar-refractivity contribution is 0.218.